The summed E-state index contributed by atoms with van der Waals surface area (Å²) >= 11 is 0. The largest absolute Gasteiger partial charge is 0.462 e. The standard InChI is InChI=1S/C12H15NO8/c14-5-8-9(15)10(16)11(17)12(21-8)20-7-3-1-6(2-4-7)13(18)19/h1-4,8-12,14-17H,5H2/t8-,9-,10+,11-,12?/m1/s1. The van der Waals surface area contributed by atoms with Crippen LogP contribution in [0.2, 0.25) is 0 Å². The first-order valence-corrected chi connectivity index (χ1v) is 6.15. The molecular formula is C12H15NO8. The maximum atomic E-state index is 10.5. The van der Waals surface area contributed by atoms with Crippen LogP contribution in [0.1, 0.15) is 0 Å². The van der Waals surface area contributed by atoms with Crippen LogP contribution in [-0.2, 0) is 4.74 Å². The number of aliphatic hydroxyl groups is 4. The van der Waals surface area contributed by atoms with Crippen LogP contribution in [0.4, 0.5) is 5.69 Å². The summed E-state index contributed by atoms with van der Waals surface area (Å²) in [7, 11) is 0. The van der Waals surface area contributed by atoms with Crippen LogP contribution in [0.25, 0.3) is 0 Å². The number of nitro benzene ring substituents is 1. The molecule has 1 aliphatic rings. The Labute approximate surface area is 119 Å². The lowest BCUT2D eigenvalue weighted by atomic mass is 9.99. The van der Waals surface area contributed by atoms with Gasteiger partial charge in [-0.1, -0.05) is 0 Å². The second-order valence-corrected chi connectivity index (χ2v) is 4.57. The third-order valence-corrected chi connectivity index (χ3v) is 3.15. The Morgan fingerprint density at radius 3 is 2.29 bits per heavy atom. The number of nitrogens with zero attached hydrogens (tertiary/aromatic N) is 1. The molecule has 0 aliphatic carbocycles. The van der Waals surface area contributed by atoms with Crippen LogP contribution < -0.4 is 4.74 Å². The molecule has 1 aliphatic heterocycles. The summed E-state index contributed by atoms with van der Waals surface area (Å²) in [5.74, 6) is 0.171. The molecule has 5 atom stereocenters. The van der Waals surface area contributed by atoms with E-state index in [0.29, 0.717) is 0 Å². The van der Waals surface area contributed by atoms with Gasteiger partial charge in [0, 0.05) is 12.1 Å². The van der Waals surface area contributed by atoms with Gasteiger partial charge < -0.3 is 29.9 Å². The van der Waals surface area contributed by atoms with E-state index in [4.69, 9.17) is 14.6 Å². The molecule has 1 heterocycles. The zero-order valence-electron chi connectivity index (χ0n) is 10.8. The number of non-ortho nitro benzene ring substituents is 1. The summed E-state index contributed by atoms with van der Waals surface area (Å²) in [4.78, 5) is 9.95. The van der Waals surface area contributed by atoms with Gasteiger partial charge in [-0.3, -0.25) is 10.1 Å². The van der Waals surface area contributed by atoms with E-state index in [1.54, 1.807) is 0 Å². The Bertz CT molecular complexity index is 491. The highest BCUT2D eigenvalue weighted by Gasteiger charge is 2.44. The number of hydrogen-bond donors (Lipinski definition) is 4. The second-order valence-electron chi connectivity index (χ2n) is 4.57. The average Bonchev–Trinajstić information content (AvgIpc) is 2.48. The quantitative estimate of drug-likeness (QED) is 0.400. The lowest BCUT2D eigenvalue weighted by Crippen LogP contribution is -2.60. The Morgan fingerprint density at radius 2 is 1.76 bits per heavy atom. The van der Waals surface area contributed by atoms with E-state index < -0.39 is 42.2 Å². The Balaban J connectivity index is 2.08. The van der Waals surface area contributed by atoms with Gasteiger partial charge in [0.25, 0.3) is 5.69 Å². The van der Waals surface area contributed by atoms with Crippen LogP contribution in [-0.4, -0.2) is 62.7 Å². The summed E-state index contributed by atoms with van der Waals surface area (Å²) < 4.78 is 10.4. The third kappa shape index (κ3) is 3.28. The molecule has 2 rings (SSSR count). The van der Waals surface area contributed by atoms with Crippen LogP contribution in [0.15, 0.2) is 24.3 Å². The molecule has 9 heteroatoms. The van der Waals surface area contributed by atoms with Crippen molar-refractivity contribution in [2.75, 3.05) is 6.61 Å². The molecule has 0 radical (unpaired) electrons. The van der Waals surface area contributed by atoms with E-state index in [1.807, 2.05) is 0 Å². The molecule has 1 fully saturated rings. The molecule has 21 heavy (non-hydrogen) atoms. The predicted octanol–water partition coefficient (Wildman–Crippen LogP) is -1.23. The van der Waals surface area contributed by atoms with Crippen molar-refractivity contribution < 1.29 is 34.8 Å². The Kier molecular flexibility index (Phi) is 4.70. The molecular weight excluding hydrogens is 286 g/mol. The first-order valence-electron chi connectivity index (χ1n) is 6.15. The zero-order valence-corrected chi connectivity index (χ0v) is 10.8. The molecule has 0 aromatic heterocycles. The summed E-state index contributed by atoms with van der Waals surface area (Å²) in [5, 5.41) is 48.6. The molecule has 1 aromatic rings. The molecule has 4 N–H and O–H groups in total. The van der Waals surface area contributed by atoms with E-state index in [-0.39, 0.29) is 11.4 Å². The van der Waals surface area contributed by atoms with Crippen LogP contribution in [0.3, 0.4) is 0 Å². The SMILES string of the molecule is O=[N+]([O-])c1ccc(OC2O[C@H](CO)[C@@H](O)[C@H](O)[C@H]2O)cc1. The van der Waals surface area contributed by atoms with Gasteiger partial charge in [0.05, 0.1) is 11.5 Å². The number of nitro groups is 1. The van der Waals surface area contributed by atoms with Crippen molar-refractivity contribution in [2.24, 2.45) is 0 Å². The summed E-state index contributed by atoms with van der Waals surface area (Å²) in [6.45, 7) is -0.564. The smallest absolute Gasteiger partial charge is 0.269 e. The van der Waals surface area contributed by atoms with E-state index >= 15 is 0 Å². The first kappa shape index (κ1) is 15.6. The zero-order chi connectivity index (χ0) is 15.6. The highest BCUT2D eigenvalue weighted by atomic mass is 16.7. The lowest BCUT2D eigenvalue weighted by Gasteiger charge is -2.39. The molecule has 1 aromatic carbocycles. The van der Waals surface area contributed by atoms with Crippen LogP contribution in [0, 0.1) is 10.1 Å². The fourth-order valence-corrected chi connectivity index (χ4v) is 1.95. The number of ether oxygens (including phenoxy) is 2. The molecule has 1 unspecified atom stereocenters. The Hall–Kier alpha value is -1.78. The van der Waals surface area contributed by atoms with Gasteiger partial charge >= 0.3 is 0 Å². The molecule has 9 nitrogen and oxygen atoms in total. The first-order chi connectivity index (χ1) is 9.93. The van der Waals surface area contributed by atoms with Gasteiger partial charge in [-0.2, -0.15) is 0 Å². The highest BCUT2D eigenvalue weighted by molar-refractivity contribution is 5.36. The van der Waals surface area contributed by atoms with Crippen molar-refractivity contribution in [1.29, 1.82) is 0 Å². The molecule has 1 saturated heterocycles. The fraction of sp³-hybridized carbons (Fsp3) is 0.500. The molecule has 0 amide bonds. The third-order valence-electron chi connectivity index (χ3n) is 3.15. The fourth-order valence-electron chi connectivity index (χ4n) is 1.95. The van der Waals surface area contributed by atoms with Gasteiger partial charge in [-0.25, -0.2) is 0 Å². The van der Waals surface area contributed by atoms with Crippen molar-refractivity contribution in [3.05, 3.63) is 34.4 Å². The molecule has 0 saturated carbocycles. The van der Waals surface area contributed by atoms with Gasteiger partial charge in [-0.15, -0.1) is 0 Å². The predicted molar refractivity (Wildman–Crippen MR) is 67.5 cm³/mol. The summed E-state index contributed by atoms with van der Waals surface area (Å²) in [6, 6.07) is 5.03. The van der Waals surface area contributed by atoms with Crippen LogP contribution >= 0.6 is 0 Å². The van der Waals surface area contributed by atoms with Crippen molar-refractivity contribution in [3.63, 3.8) is 0 Å². The molecule has 116 valence electrons. The Morgan fingerprint density at radius 1 is 1.14 bits per heavy atom. The number of aliphatic hydroxyl groups excluding tert-OH is 4. The van der Waals surface area contributed by atoms with Gasteiger partial charge in [0.2, 0.25) is 6.29 Å². The van der Waals surface area contributed by atoms with E-state index in [1.165, 1.54) is 24.3 Å². The van der Waals surface area contributed by atoms with Crippen molar-refractivity contribution in [1.82, 2.24) is 0 Å². The second kappa shape index (κ2) is 6.33. The van der Waals surface area contributed by atoms with Crippen molar-refractivity contribution in [2.45, 2.75) is 30.7 Å². The van der Waals surface area contributed by atoms with Crippen molar-refractivity contribution in [3.8, 4) is 5.75 Å². The maximum absolute atomic E-state index is 10.5. The van der Waals surface area contributed by atoms with E-state index in [0.717, 1.165) is 0 Å². The topological polar surface area (TPSA) is 143 Å². The minimum Gasteiger partial charge on any atom is -0.462 e. The summed E-state index contributed by atoms with van der Waals surface area (Å²) in [6.07, 6.45) is -6.94. The van der Waals surface area contributed by atoms with Gasteiger partial charge in [-0.05, 0) is 12.1 Å². The van der Waals surface area contributed by atoms with Gasteiger partial charge in [0.1, 0.15) is 30.2 Å². The number of benzene rings is 1. The number of rotatable bonds is 4. The van der Waals surface area contributed by atoms with E-state index in [2.05, 4.69) is 0 Å². The average molecular weight is 301 g/mol. The monoisotopic (exact) mass is 301 g/mol. The minimum absolute atomic E-state index is 0.129. The van der Waals surface area contributed by atoms with Crippen molar-refractivity contribution >= 4 is 5.69 Å². The number of hydrogen-bond acceptors (Lipinski definition) is 8. The van der Waals surface area contributed by atoms with Gasteiger partial charge in [0.15, 0.2) is 0 Å². The van der Waals surface area contributed by atoms with Crippen LogP contribution in [0.5, 0.6) is 5.75 Å². The molecule has 0 bridgehead atoms. The summed E-state index contributed by atoms with van der Waals surface area (Å²) in [5.41, 5.74) is -0.129. The minimum atomic E-state index is -1.54. The maximum Gasteiger partial charge on any atom is 0.269 e. The lowest BCUT2D eigenvalue weighted by molar-refractivity contribution is -0.384. The van der Waals surface area contributed by atoms with E-state index in [9.17, 15) is 25.4 Å². The highest BCUT2D eigenvalue weighted by Crippen LogP contribution is 2.25. The normalized spacial score (nSPS) is 32.7. The molecule has 0 spiro atoms.